The lowest BCUT2D eigenvalue weighted by molar-refractivity contribution is -0.274. The van der Waals surface area contributed by atoms with Crippen LogP contribution in [0, 0.1) is 0 Å². The number of ether oxygens (including phenoxy) is 2. The highest BCUT2D eigenvalue weighted by Gasteiger charge is 2.45. The number of halogens is 3. The first kappa shape index (κ1) is 25.0. The van der Waals surface area contributed by atoms with Crippen molar-refractivity contribution in [3.8, 4) is 11.5 Å². The fraction of sp³-hybridized carbons (Fsp3) is 0.269. The van der Waals surface area contributed by atoms with E-state index >= 15 is 0 Å². The summed E-state index contributed by atoms with van der Waals surface area (Å²) in [5.41, 5.74) is 2.21. The first-order valence-electron chi connectivity index (χ1n) is 11.2. The Hall–Kier alpha value is -4.08. The number of fused-ring (bicyclic) bond motifs is 1. The van der Waals surface area contributed by atoms with Gasteiger partial charge in [0.15, 0.2) is 0 Å². The molecule has 7 nitrogen and oxygen atoms in total. The minimum atomic E-state index is -4.78. The summed E-state index contributed by atoms with van der Waals surface area (Å²) in [5.74, 6) is -0.712. The third-order valence-electron chi connectivity index (χ3n) is 5.88. The van der Waals surface area contributed by atoms with E-state index in [0.717, 1.165) is 5.69 Å². The van der Waals surface area contributed by atoms with Gasteiger partial charge in [0.25, 0.3) is 5.91 Å². The number of carbonyl (C=O) groups is 2. The van der Waals surface area contributed by atoms with Crippen LogP contribution >= 0.6 is 0 Å². The minimum absolute atomic E-state index is 0.0532. The summed E-state index contributed by atoms with van der Waals surface area (Å²) >= 11 is 0. The van der Waals surface area contributed by atoms with Crippen LogP contribution in [0.4, 0.5) is 13.2 Å². The molecule has 0 aliphatic carbocycles. The Bertz CT molecular complexity index is 1230. The molecule has 2 unspecified atom stereocenters. The van der Waals surface area contributed by atoms with Gasteiger partial charge in [0.05, 0.1) is 12.7 Å². The summed E-state index contributed by atoms with van der Waals surface area (Å²) < 4.78 is 46.4. The molecular weight excluding hydrogens is 475 g/mol. The molecule has 1 aliphatic heterocycles. The predicted molar refractivity (Wildman–Crippen MR) is 124 cm³/mol. The van der Waals surface area contributed by atoms with Gasteiger partial charge >= 0.3 is 6.36 Å². The SMILES string of the molecule is COc1cccc2c1C(=O)N(C(C)Cc1ccccn1)C2C(=O)NCc1ccc(OC(F)(F)F)cc1. The number of nitrogens with zero attached hydrogens (tertiary/aromatic N) is 2. The molecular formula is C26H24F3N3O4. The van der Waals surface area contributed by atoms with E-state index in [2.05, 4.69) is 15.0 Å². The zero-order chi connectivity index (χ0) is 25.9. The van der Waals surface area contributed by atoms with Crippen molar-refractivity contribution in [1.82, 2.24) is 15.2 Å². The summed E-state index contributed by atoms with van der Waals surface area (Å²) in [4.78, 5) is 32.8. The van der Waals surface area contributed by atoms with Crippen LogP contribution in [0.5, 0.6) is 11.5 Å². The van der Waals surface area contributed by atoms with Crippen LogP contribution in [0.3, 0.4) is 0 Å². The maximum Gasteiger partial charge on any atom is 0.573 e. The van der Waals surface area contributed by atoms with E-state index in [0.29, 0.717) is 28.9 Å². The number of aromatic nitrogens is 1. The lowest BCUT2D eigenvalue weighted by Gasteiger charge is -2.30. The van der Waals surface area contributed by atoms with E-state index in [1.54, 1.807) is 30.5 Å². The van der Waals surface area contributed by atoms with Crippen molar-refractivity contribution >= 4 is 11.8 Å². The van der Waals surface area contributed by atoms with Gasteiger partial charge in [0.2, 0.25) is 5.91 Å². The Morgan fingerprint density at radius 1 is 1.11 bits per heavy atom. The molecule has 1 aliphatic rings. The molecule has 0 radical (unpaired) electrons. The number of rotatable bonds is 8. The van der Waals surface area contributed by atoms with Crippen LogP contribution in [0.25, 0.3) is 0 Å². The van der Waals surface area contributed by atoms with Crippen molar-refractivity contribution in [1.29, 1.82) is 0 Å². The average molecular weight is 499 g/mol. The summed E-state index contributed by atoms with van der Waals surface area (Å²) in [6.45, 7) is 1.90. The molecule has 36 heavy (non-hydrogen) atoms. The predicted octanol–water partition coefficient (Wildman–Crippen LogP) is 4.43. The van der Waals surface area contributed by atoms with Gasteiger partial charge in [0, 0.05) is 36.5 Å². The largest absolute Gasteiger partial charge is 0.573 e. The average Bonchev–Trinajstić information content (AvgIpc) is 3.16. The van der Waals surface area contributed by atoms with Gasteiger partial charge in [-0.2, -0.15) is 0 Å². The molecule has 1 aromatic heterocycles. The number of methoxy groups -OCH3 is 1. The molecule has 2 heterocycles. The minimum Gasteiger partial charge on any atom is -0.496 e. The molecule has 1 N–H and O–H groups in total. The van der Waals surface area contributed by atoms with E-state index in [1.807, 2.05) is 19.1 Å². The highest BCUT2D eigenvalue weighted by Crippen LogP contribution is 2.40. The van der Waals surface area contributed by atoms with Gasteiger partial charge in [-0.25, -0.2) is 0 Å². The number of carbonyl (C=O) groups excluding carboxylic acids is 2. The van der Waals surface area contributed by atoms with Gasteiger partial charge in [-0.05, 0) is 42.8 Å². The Morgan fingerprint density at radius 2 is 1.86 bits per heavy atom. The van der Waals surface area contributed by atoms with E-state index in [4.69, 9.17) is 4.74 Å². The molecule has 0 fully saturated rings. The van der Waals surface area contributed by atoms with Gasteiger partial charge in [-0.1, -0.05) is 30.3 Å². The molecule has 0 saturated carbocycles. The zero-order valence-electron chi connectivity index (χ0n) is 19.6. The van der Waals surface area contributed by atoms with E-state index in [-0.39, 0.29) is 24.2 Å². The molecule has 2 amide bonds. The molecule has 10 heteroatoms. The van der Waals surface area contributed by atoms with Gasteiger partial charge in [0.1, 0.15) is 17.5 Å². The van der Waals surface area contributed by atoms with Crippen LogP contribution in [0.1, 0.15) is 40.1 Å². The number of hydrogen-bond acceptors (Lipinski definition) is 5. The van der Waals surface area contributed by atoms with Crippen LogP contribution in [-0.4, -0.2) is 41.2 Å². The lowest BCUT2D eigenvalue weighted by Crippen LogP contribution is -2.44. The van der Waals surface area contributed by atoms with Crippen LogP contribution in [0.2, 0.25) is 0 Å². The topological polar surface area (TPSA) is 80.8 Å². The maximum atomic E-state index is 13.5. The second kappa shape index (κ2) is 10.3. The fourth-order valence-corrected chi connectivity index (χ4v) is 4.31. The molecule has 2 atom stereocenters. The van der Waals surface area contributed by atoms with E-state index in [9.17, 15) is 22.8 Å². The van der Waals surface area contributed by atoms with Crippen LogP contribution in [-0.2, 0) is 17.8 Å². The standard InChI is InChI=1S/C26H24F3N3O4/c1-16(14-18-6-3-4-13-30-18)32-23(20-7-5-8-21(35-2)22(20)25(32)34)24(33)31-15-17-9-11-19(12-10-17)36-26(27,28)29/h3-13,16,23H,14-15H2,1-2H3,(H,31,33). The monoisotopic (exact) mass is 499 g/mol. The van der Waals surface area contributed by atoms with Gasteiger partial charge < -0.3 is 19.7 Å². The van der Waals surface area contributed by atoms with Crippen LogP contribution < -0.4 is 14.8 Å². The summed E-state index contributed by atoms with van der Waals surface area (Å²) in [6.07, 6.45) is -2.68. The first-order chi connectivity index (χ1) is 17.2. The van der Waals surface area contributed by atoms with Crippen molar-refractivity contribution in [2.45, 2.75) is 38.3 Å². The third kappa shape index (κ3) is 5.42. The Morgan fingerprint density at radius 3 is 2.50 bits per heavy atom. The molecule has 4 rings (SSSR count). The fourth-order valence-electron chi connectivity index (χ4n) is 4.31. The molecule has 188 valence electrons. The summed E-state index contributed by atoms with van der Waals surface area (Å²) in [6, 6.07) is 14.6. The molecule has 2 aromatic carbocycles. The third-order valence-corrected chi connectivity index (χ3v) is 5.88. The number of amides is 2. The molecule has 0 spiro atoms. The highest BCUT2D eigenvalue weighted by atomic mass is 19.4. The van der Waals surface area contributed by atoms with Gasteiger partial charge in [-0.15, -0.1) is 13.2 Å². The molecule has 0 bridgehead atoms. The summed E-state index contributed by atoms with van der Waals surface area (Å²) in [7, 11) is 1.46. The van der Waals surface area contributed by atoms with Crippen molar-refractivity contribution in [3.05, 3.63) is 89.2 Å². The number of benzene rings is 2. The Kier molecular flexibility index (Phi) is 7.14. The van der Waals surface area contributed by atoms with Gasteiger partial charge in [-0.3, -0.25) is 14.6 Å². The first-order valence-corrected chi connectivity index (χ1v) is 11.2. The molecule has 3 aromatic rings. The maximum absolute atomic E-state index is 13.5. The normalized spacial score (nSPS) is 15.9. The number of hydrogen-bond donors (Lipinski definition) is 1. The Balaban J connectivity index is 1.55. The highest BCUT2D eigenvalue weighted by molar-refractivity contribution is 6.06. The van der Waals surface area contributed by atoms with Crippen molar-refractivity contribution in [2.75, 3.05) is 7.11 Å². The number of alkyl halides is 3. The van der Waals surface area contributed by atoms with Crippen molar-refractivity contribution in [2.24, 2.45) is 0 Å². The van der Waals surface area contributed by atoms with Crippen molar-refractivity contribution < 1.29 is 32.2 Å². The van der Waals surface area contributed by atoms with Crippen LogP contribution in [0.15, 0.2) is 66.9 Å². The zero-order valence-corrected chi connectivity index (χ0v) is 19.6. The second-order valence-corrected chi connectivity index (χ2v) is 8.32. The lowest BCUT2D eigenvalue weighted by atomic mass is 10.0. The van der Waals surface area contributed by atoms with E-state index in [1.165, 1.54) is 36.3 Å². The Labute approximate surface area is 205 Å². The van der Waals surface area contributed by atoms with Crippen molar-refractivity contribution in [3.63, 3.8) is 0 Å². The molecule has 0 saturated heterocycles. The number of pyridine rings is 1. The number of nitrogens with one attached hydrogen (secondary N) is 1. The quantitative estimate of drug-likeness (QED) is 0.496. The smallest absolute Gasteiger partial charge is 0.496 e. The summed E-state index contributed by atoms with van der Waals surface area (Å²) in [5, 5.41) is 2.80. The van der Waals surface area contributed by atoms with E-state index < -0.39 is 18.3 Å². The second-order valence-electron chi connectivity index (χ2n) is 8.32.